The molecule has 0 spiro atoms. The molecule has 1 fully saturated rings. The number of carbonyl (C=O) groups is 1. The Morgan fingerprint density at radius 2 is 1.90 bits per heavy atom. The summed E-state index contributed by atoms with van der Waals surface area (Å²) in [4.78, 5) is 18.3. The smallest absolute Gasteiger partial charge is 0.267 e. The van der Waals surface area contributed by atoms with E-state index in [-0.39, 0.29) is 5.91 Å². The summed E-state index contributed by atoms with van der Waals surface area (Å²) in [7, 11) is 1.89. The molecule has 1 aliphatic rings. The predicted molar refractivity (Wildman–Crippen MR) is 126 cm³/mol. The first-order valence-electron chi connectivity index (χ1n) is 10.8. The highest BCUT2D eigenvalue weighted by Gasteiger charge is 2.19. The number of ether oxygens (including phenoxy) is 1. The van der Waals surface area contributed by atoms with Crippen LogP contribution in [-0.2, 0) is 13.7 Å². The van der Waals surface area contributed by atoms with E-state index in [1.165, 1.54) is 10.6 Å². The van der Waals surface area contributed by atoms with Crippen molar-refractivity contribution in [1.82, 2.24) is 14.8 Å². The number of aromatic nitrogens is 1. The van der Waals surface area contributed by atoms with Gasteiger partial charge in [0.15, 0.2) is 0 Å². The molecule has 31 heavy (non-hydrogen) atoms. The van der Waals surface area contributed by atoms with Gasteiger partial charge in [-0.3, -0.25) is 9.69 Å². The number of nitrogens with zero attached hydrogens (tertiary/aromatic N) is 3. The van der Waals surface area contributed by atoms with Gasteiger partial charge in [0.1, 0.15) is 18.1 Å². The van der Waals surface area contributed by atoms with Gasteiger partial charge in [-0.15, -0.1) is 11.3 Å². The molecule has 6 nitrogen and oxygen atoms in total. The molecule has 0 aliphatic carbocycles. The lowest BCUT2D eigenvalue weighted by Crippen LogP contribution is -2.47. The van der Waals surface area contributed by atoms with E-state index in [1.807, 2.05) is 36.0 Å². The molecular weight excluding hydrogens is 408 g/mol. The van der Waals surface area contributed by atoms with Crippen LogP contribution >= 0.6 is 11.3 Å². The summed E-state index contributed by atoms with van der Waals surface area (Å²) in [6.07, 6.45) is 2.84. The molecule has 7 heteroatoms. The van der Waals surface area contributed by atoms with Crippen LogP contribution in [0.2, 0.25) is 0 Å². The number of hydrogen-bond acceptors (Lipinski definition) is 5. The minimum atomic E-state index is -0.00326. The second kappa shape index (κ2) is 10.5. The summed E-state index contributed by atoms with van der Waals surface area (Å²) in [6, 6.07) is 16.2. The summed E-state index contributed by atoms with van der Waals surface area (Å²) >= 11 is 1.72. The highest BCUT2D eigenvalue weighted by Crippen LogP contribution is 2.30. The number of para-hydroxylation sites is 2. The Labute approximate surface area is 188 Å². The van der Waals surface area contributed by atoms with Crippen molar-refractivity contribution >= 4 is 22.9 Å². The number of carbonyl (C=O) groups excluding carboxylic acids is 1. The van der Waals surface area contributed by atoms with Gasteiger partial charge < -0.3 is 19.5 Å². The lowest BCUT2D eigenvalue weighted by atomic mass is 10.2. The summed E-state index contributed by atoms with van der Waals surface area (Å²) < 4.78 is 7.96. The van der Waals surface area contributed by atoms with Crippen LogP contribution in [0.1, 0.15) is 21.8 Å². The molecule has 2 aromatic heterocycles. The lowest BCUT2D eigenvalue weighted by molar-refractivity contribution is 0.0943. The van der Waals surface area contributed by atoms with Gasteiger partial charge in [0.2, 0.25) is 0 Å². The standard InChI is InChI=1S/C24H30N4O2S/c1-26-12-4-9-22(26)24(29)25-11-6-13-27-14-16-28(17-15-27)21-8-2-3-10-23(21)30-19-20-7-5-18-31-20/h2-5,7-10,12,18H,6,11,13-17,19H2,1H3,(H,25,29). The molecule has 1 aliphatic heterocycles. The molecule has 0 bridgehead atoms. The number of thiophene rings is 1. The van der Waals surface area contributed by atoms with Crippen molar-refractivity contribution in [3.8, 4) is 5.75 Å². The average Bonchev–Trinajstić information content (AvgIpc) is 3.47. The monoisotopic (exact) mass is 438 g/mol. The quantitative estimate of drug-likeness (QED) is 0.519. The number of anilines is 1. The Bertz CT molecular complexity index is 962. The van der Waals surface area contributed by atoms with E-state index in [4.69, 9.17) is 4.74 Å². The molecule has 1 saturated heterocycles. The van der Waals surface area contributed by atoms with Gasteiger partial charge in [0.05, 0.1) is 5.69 Å². The first kappa shape index (κ1) is 21.5. The molecule has 1 amide bonds. The van der Waals surface area contributed by atoms with Crippen molar-refractivity contribution in [2.75, 3.05) is 44.2 Å². The SMILES string of the molecule is Cn1cccc1C(=O)NCCCN1CCN(c2ccccc2OCc2cccs2)CC1. The molecule has 1 aromatic carbocycles. The van der Waals surface area contributed by atoms with Crippen molar-refractivity contribution in [1.29, 1.82) is 0 Å². The highest BCUT2D eigenvalue weighted by molar-refractivity contribution is 7.09. The lowest BCUT2D eigenvalue weighted by Gasteiger charge is -2.36. The molecule has 0 radical (unpaired) electrons. The zero-order valence-electron chi connectivity index (χ0n) is 18.0. The molecule has 3 aromatic rings. The Morgan fingerprint density at radius 3 is 2.65 bits per heavy atom. The van der Waals surface area contributed by atoms with E-state index in [1.54, 1.807) is 11.3 Å². The van der Waals surface area contributed by atoms with Crippen LogP contribution in [0.4, 0.5) is 5.69 Å². The molecular formula is C24H30N4O2S. The fraction of sp³-hybridized carbons (Fsp3) is 0.375. The van der Waals surface area contributed by atoms with Crippen molar-refractivity contribution in [3.05, 3.63) is 70.7 Å². The van der Waals surface area contributed by atoms with Gasteiger partial charge in [-0.2, -0.15) is 0 Å². The molecule has 3 heterocycles. The van der Waals surface area contributed by atoms with Gasteiger partial charge in [0.25, 0.3) is 5.91 Å². The Kier molecular flexibility index (Phi) is 7.27. The zero-order valence-corrected chi connectivity index (χ0v) is 18.8. The zero-order chi connectivity index (χ0) is 21.5. The Morgan fingerprint density at radius 1 is 1.06 bits per heavy atom. The molecule has 4 rings (SSSR count). The number of hydrogen-bond donors (Lipinski definition) is 1. The molecule has 0 atom stereocenters. The fourth-order valence-corrected chi connectivity index (χ4v) is 4.50. The van der Waals surface area contributed by atoms with Crippen LogP contribution in [0, 0.1) is 0 Å². The van der Waals surface area contributed by atoms with Gasteiger partial charge >= 0.3 is 0 Å². The van der Waals surface area contributed by atoms with E-state index in [9.17, 15) is 4.79 Å². The summed E-state index contributed by atoms with van der Waals surface area (Å²) in [5.74, 6) is 0.948. The molecule has 164 valence electrons. The van der Waals surface area contributed by atoms with Gasteiger partial charge in [-0.25, -0.2) is 0 Å². The van der Waals surface area contributed by atoms with Crippen LogP contribution in [0.5, 0.6) is 5.75 Å². The van der Waals surface area contributed by atoms with Crippen LogP contribution in [0.25, 0.3) is 0 Å². The summed E-state index contributed by atoms with van der Waals surface area (Å²) in [5.41, 5.74) is 1.88. The maximum absolute atomic E-state index is 12.2. The van der Waals surface area contributed by atoms with Crippen molar-refractivity contribution < 1.29 is 9.53 Å². The summed E-state index contributed by atoms with van der Waals surface area (Å²) in [6.45, 7) is 6.31. The fourth-order valence-electron chi connectivity index (χ4n) is 3.89. The number of aryl methyl sites for hydroxylation is 1. The first-order chi connectivity index (χ1) is 15.2. The topological polar surface area (TPSA) is 49.7 Å². The molecule has 0 unspecified atom stereocenters. The van der Waals surface area contributed by atoms with Gasteiger partial charge in [0, 0.05) is 50.8 Å². The average molecular weight is 439 g/mol. The second-order valence-electron chi connectivity index (χ2n) is 7.78. The van der Waals surface area contributed by atoms with E-state index in [0.29, 0.717) is 18.8 Å². The first-order valence-corrected chi connectivity index (χ1v) is 11.7. The van der Waals surface area contributed by atoms with Gasteiger partial charge in [-0.05, 0) is 48.7 Å². The maximum atomic E-state index is 12.2. The normalized spacial score (nSPS) is 14.5. The highest BCUT2D eigenvalue weighted by atomic mass is 32.1. The minimum Gasteiger partial charge on any atom is -0.486 e. The van der Waals surface area contributed by atoms with Gasteiger partial charge in [-0.1, -0.05) is 18.2 Å². The van der Waals surface area contributed by atoms with Crippen LogP contribution in [0.3, 0.4) is 0 Å². The number of benzene rings is 1. The van der Waals surface area contributed by atoms with Crippen LogP contribution in [0.15, 0.2) is 60.1 Å². The van der Waals surface area contributed by atoms with Crippen molar-refractivity contribution in [3.63, 3.8) is 0 Å². The van der Waals surface area contributed by atoms with E-state index in [2.05, 4.69) is 50.8 Å². The maximum Gasteiger partial charge on any atom is 0.267 e. The number of rotatable bonds is 9. The minimum absolute atomic E-state index is 0.00326. The number of amides is 1. The van der Waals surface area contributed by atoms with E-state index in [0.717, 1.165) is 44.9 Å². The predicted octanol–water partition coefficient (Wildman–Crippen LogP) is 3.61. The van der Waals surface area contributed by atoms with Crippen LogP contribution < -0.4 is 15.0 Å². The summed E-state index contributed by atoms with van der Waals surface area (Å²) in [5, 5.41) is 5.10. The third-order valence-corrected chi connectivity index (χ3v) is 6.49. The number of nitrogens with one attached hydrogen (secondary N) is 1. The van der Waals surface area contributed by atoms with E-state index >= 15 is 0 Å². The Balaban J connectivity index is 1.20. The third-order valence-electron chi connectivity index (χ3n) is 5.64. The van der Waals surface area contributed by atoms with Crippen molar-refractivity contribution in [2.24, 2.45) is 7.05 Å². The van der Waals surface area contributed by atoms with Crippen LogP contribution in [-0.4, -0.2) is 54.6 Å². The molecule has 0 saturated carbocycles. The van der Waals surface area contributed by atoms with E-state index < -0.39 is 0 Å². The third kappa shape index (κ3) is 5.68. The number of piperazine rings is 1. The Hall–Kier alpha value is -2.77. The van der Waals surface area contributed by atoms with Crippen molar-refractivity contribution in [2.45, 2.75) is 13.0 Å². The second-order valence-corrected chi connectivity index (χ2v) is 8.81. The molecule has 1 N–H and O–H groups in total. The largest absolute Gasteiger partial charge is 0.486 e.